The van der Waals surface area contributed by atoms with Crippen LogP contribution in [0.1, 0.15) is 17.7 Å². The second kappa shape index (κ2) is 6.20. The highest BCUT2D eigenvalue weighted by Gasteiger charge is 2.32. The molecule has 0 aromatic carbocycles. The molecule has 0 radical (unpaired) electrons. The van der Waals surface area contributed by atoms with Gasteiger partial charge in [-0.25, -0.2) is 0 Å². The van der Waals surface area contributed by atoms with E-state index in [0.717, 1.165) is 31.7 Å². The van der Waals surface area contributed by atoms with E-state index < -0.39 is 0 Å². The van der Waals surface area contributed by atoms with Crippen molar-refractivity contribution < 1.29 is 9.47 Å². The summed E-state index contributed by atoms with van der Waals surface area (Å²) in [5.74, 6) is 0. The Balaban J connectivity index is 2.05. The largest absolute Gasteiger partial charge is 0.383 e. The lowest BCUT2D eigenvalue weighted by Gasteiger charge is -2.22. The van der Waals surface area contributed by atoms with Gasteiger partial charge in [-0.2, -0.15) is 5.26 Å². The van der Waals surface area contributed by atoms with Gasteiger partial charge in [0.15, 0.2) is 0 Å². The molecule has 5 heteroatoms. The van der Waals surface area contributed by atoms with E-state index in [-0.39, 0.29) is 6.10 Å². The van der Waals surface area contributed by atoms with Crippen LogP contribution >= 0.6 is 0 Å². The van der Waals surface area contributed by atoms with Gasteiger partial charge in [-0.05, 0) is 18.1 Å². The van der Waals surface area contributed by atoms with Crippen LogP contribution in [0.2, 0.25) is 0 Å². The molecule has 1 aliphatic rings. The van der Waals surface area contributed by atoms with Gasteiger partial charge in [-0.15, -0.1) is 0 Å². The number of likely N-dealkylation sites (tertiary alicyclic amines) is 1. The SMILES string of the molecule is COC[C@@H]1C[C@H](OC)CN1Cc1cc(C#N)n(C)c1. The molecule has 0 bridgehead atoms. The molecule has 1 fully saturated rings. The third-order valence-electron chi connectivity index (χ3n) is 3.74. The molecule has 2 atom stereocenters. The minimum absolute atomic E-state index is 0.277. The molecule has 0 amide bonds. The van der Waals surface area contributed by atoms with Gasteiger partial charge in [0.2, 0.25) is 0 Å². The van der Waals surface area contributed by atoms with Crippen LogP contribution in [0.4, 0.5) is 0 Å². The van der Waals surface area contributed by atoms with Crippen LogP contribution < -0.4 is 0 Å². The smallest absolute Gasteiger partial charge is 0.120 e. The Morgan fingerprint density at radius 1 is 1.47 bits per heavy atom. The Kier molecular flexibility index (Phi) is 4.59. The van der Waals surface area contributed by atoms with Gasteiger partial charge < -0.3 is 14.0 Å². The average Bonchev–Trinajstić information content (AvgIpc) is 2.94. The highest BCUT2D eigenvalue weighted by atomic mass is 16.5. The summed E-state index contributed by atoms with van der Waals surface area (Å²) in [6.07, 6.45) is 3.30. The molecular weight excluding hydrogens is 242 g/mol. The maximum Gasteiger partial charge on any atom is 0.120 e. The number of ether oxygens (including phenoxy) is 2. The first-order valence-electron chi connectivity index (χ1n) is 6.49. The van der Waals surface area contributed by atoms with E-state index in [4.69, 9.17) is 14.7 Å². The molecule has 1 aromatic rings. The van der Waals surface area contributed by atoms with E-state index in [0.29, 0.717) is 11.7 Å². The Bertz CT molecular complexity index is 464. The van der Waals surface area contributed by atoms with Gasteiger partial charge in [0.25, 0.3) is 0 Å². The quantitative estimate of drug-likeness (QED) is 0.799. The molecule has 1 aliphatic heterocycles. The van der Waals surface area contributed by atoms with Crippen LogP contribution in [0.3, 0.4) is 0 Å². The molecule has 0 saturated carbocycles. The lowest BCUT2D eigenvalue weighted by Crippen LogP contribution is -2.32. The minimum Gasteiger partial charge on any atom is -0.383 e. The van der Waals surface area contributed by atoms with Crippen molar-refractivity contribution in [2.45, 2.75) is 25.1 Å². The van der Waals surface area contributed by atoms with Crippen LogP contribution in [0.25, 0.3) is 0 Å². The second-order valence-corrected chi connectivity index (χ2v) is 5.09. The van der Waals surface area contributed by atoms with Crippen LogP contribution in [0.15, 0.2) is 12.3 Å². The molecule has 104 valence electrons. The summed E-state index contributed by atoms with van der Waals surface area (Å²) in [7, 11) is 5.39. The van der Waals surface area contributed by atoms with Crippen molar-refractivity contribution in [2.24, 2.45) is 7.05 Å². The van der Waals surface area contributed by atoms with Crippen LogP contribution in [-0.2, 0) is 23.1 Å². The average molecular weight is 263 g/mol. The maximum absolute atomic E-state index is 8.98. The highest BCUT2D eigenvalue weighted by Crippen LogP contribution is 2.23. The summed E-state index contributed by atoms with van der Waals surface area (Å²) in [5, 5.41) is 8.98. The Labute approximate surface area is 114 Å². The number of aryl methyl sites for hydroxylation is 1. The minimum atomic E-state index is 0.277. The van der Waals surface area contributed by atoms with Crippen molar-refractivity contribution in [3.63, 3.8) is 0 Å². The number of rotatable bonds is 5. The standard InChI is InChI=1S/C14H21N3O2/c1-16-7-11(4-12(16)6-15)8-17-9-14(19-3)5-13(17)10-18-2/h4,7,13-14H,5,8-10H2,1-3H3/t13-,14-/m0/s1. The van der Waals surface area contributed by atoms with Crippen LogP contribution in [-0.4, -0.2) is 49.0 Å². The predicted molar refractivity (Wildman–Crippen MR) is 71.6 cm³/mol. The van der Waals surface area contributed by atoms with E-state index in [1.165, 1.54) is 0 Å². The van der Waals surface area contributed by atoms with Crippen molar-refractivity contribution in [2.75, 3.05) is 27.4 Å². The van der Waals surface area contributed by atoms with Gasteiger partial charge in [0, 0.05) is 46.6 Å². The lowest BCUT2D eigenvalue weighted by molar-refractivity contribution is 0.106. The number of nitrogens with zero attached hydrogens (tertiary/aromatic N) is 3. The van der Waals surface area contributed by atoms with Gasteiger partial charge in [0.05, 0.1) is 12.7 Å². The van der Waals surface area contributed by atoms with Gasteiger partial charge in [-0.1, -0.05) is 0 Å². The normalized spacial score (nSPS) is 23.7. The zero-order valence-corrected chi connectivity index (χ0v) is 11.8. The first kappa shape index (κ1) is 14.1. The summed E-state index contributed by atoms with van der Waals surface area (Å²) >= 11 is 0. The van der Waals surface area contributed by atoms with Gasteiger partial charge in [0.1, 0.15) is 11.8 Å². The Morgan fingerprint density at radius 3 is 2.84 bits per heavy atom. The number of nitriles is 1. The summed E-state index contributed by atoms with van der Waals surface area (Å²) in [4.78, 5) is 2.37. The van der Waals surface area contributed by atoms with E-state index >= 15 is 0 Å². The van der Waals surface area contributed by atoms with Crippen molar-refractivity contribution in [1.29, 1.82) is 5.26 Å². The third kappa shape index (κ3) is 3.16. The van der Waals surface area contributed by atoms with Crippen molar-refractivity contribution in [1.82, 2.24) is 9.47 Å². The Hall–Kier alpha value is -1.35. The first-order valence-corrected chi connectivity index (χ1v) is 6.49. The van der Waals surface area contributed by atoms with Gasteiger partial charge in [-0.3, -0.25) is 4.90 Å². The summed E-state index contributed by atoms with van der Waals surface area (Å²) in [5.41, 5.74) is 1.86. The van der Waals surface area contributed by atoms with Gasteiger partial charge >= 0.3 is 0 Å². The summed E-state index contributed by atoms with van der Waals surface area (Å²) < 4.78 is 12.6. The van der Waals surface area contributed by atoms with E-state index in [1.807, 2.05) is 23.9 Å². The van der Waals surface area contributed by atoms with Crippen molar-refractivity contribution in [3.05, 3.63) is 23.5 Å². The first-order chi connectivity index (χ1) is 9.17. The van der Waals surface area contributed by atoms with E-state index in [9.17, 15) is 0 Å². The molecule has 19 heavy (non-hydrogen) atoms. The molecular formula is C14H21N3O2. The van der Waals surface area contributed by atoms with Crippen molar-refractivity contribution in [3.8, 4) is 6.07 Å². The second-order valence-electron chi connectivity index (χ2n) is 5.09. The van der Waals surface area contributed by atoms with Crippen LogP contribution in [0.5, 0.6) is 0 Å². The zero-order chi connectivity index (χ0) is 13.8. The van der Waals surface area contributed by atoms with Crippen molar-refractivity contribution >= 4 is 0 Å². The molecule has 1 saturated heterocycles. The fraction of sp³-hybridized carbons (Fsp3) is 0.643. The summed E-state index contributed by atoms with van der Waals surface area (Å²) in [6.45, 7) is 2.47. The highest BCUT2D eigenvalue weighted by molar-refractivity contribution is 5.28. The number of aromatic nitrogens is 1. The maximum atomic E-state index is 8.98. The fourth-order valence-corrected chi connectivity index (χ4v) is 2.73. The lowest BCUT2D eigenvalue weighted by atomic mass is 10.2. The molecule has 5 nitrogen and oxygen atoms in total. The molecule has 0 spiro atoms. The molecule has 0 aliphatic carbocycles. The number of hydrogen-bond acceptors (Lipinski definition) is 4. The summed E-state index contributed by atoms with van der Waals surface area (Å²) in [6, 6.07) is 4.53. The molecule has 2 heterocycles. The van der Waals surface area contributed by atoms with Crippen LogP contribution in [0, 0.1) is 11.3 Å². The predicted octanol–water partition coefficient (Wildman–Crippen LogP) is 1.13. The number of hydrogen-bond donors (Lipinski definition) is 0. The molecule has 0 unspecified atom stereocenters. The Morgan fingerprint density at radius 2 is 2.26 bits per heavy atom. The van der Waals surface area contributed by atoms with E-state index in [2.05, 4.69) is 11.0 Å². The van der Waals surface area contributed by atoms with E-state index in [1.54, 1.807) is 14.2 Å². The monoisotopic (exact) mass is 263 g/mol. The number of methoxy groups -OCH3 is 2. The topological polar surface area (TPSA) is 50.4 Å². The molecule has 0 N–H and O–H groups in total. The zero-order valence-electron chi connectivity index (χ0n) is 11.8. The molecule has 2 rings (SSSR count). The fourth-order valence-electron chi connectivity index (χ4n) is 2.73. The third-order valence-corrected chi connectivity index (χ3v) is 3.74. The molecule has 1 aromatic heterocycles.